The Balaban J connectivity index is 1.29. The Kier molecular flexibility index (Phi) is 5.53. The first-order valence-electron chi connectivity index (χ1n) is 10.4. The third-order valence-electron chi connectivity index (χ3n) is 6.01. The Hall–Kier alpha value is -2.30. The van der Waals surface area contributed by atoms with Gasteiger partial charge in [-0.05, 0) is 31.0 Å². The maximum atomic E-state index is 14.0. The Morgan fingerprint density at radius 2 is 1.84 bits per heavy atom. The molecule has 0 bridgehead atoms. The zero-order valence-electron chi connectivity index (χ0n) is 16.9. The summed E-state index contributed by atoms with van der Waals surface area (Å²) in [6.45, 7) is 1.48. The van der Waals surface area contributed by atoms with E-state index in [9.17, 15) is 12.8 Å². The minimum Gasteiger partial charge on any atom is -0.367 e. The Morgan fingerprint density at radius 1 is 1.10 bits per heavy atom. The molecule has 31 heavy (non-hydrogen) atoms. The molecule has 5 rings (SSSR count). The van der Waals surface area contributed by atoms with E-state index in [1.165, 1.54) is 23.2 Å². The van der Waals surface area contributed by atoms with E-state index in [-0.39, 0.29) is 10.0 Å². The van der Waals surface area contributed by atoms with Gasteiger partial charge in [-0.15, -0.1) is 11.3 Å². The maximum Gasteiger partial charge on any atom is 0.252 e. The van der Waals surface area contributed by atoms with Gasteiger partial charge in [0.25, 0.3) is 10.0 Å². The van der Waals surface area contributed by atoms with Crippen LogP contribution in [-0.2, 0) is 10.0 Å². The van der Waals surface area contributed by atoms with E-state index in [1.54, 1.807) is 29.6 Å². The molecule has 2 aromatic heterocycles. The minimum absolute atomic E-state index is 0.258. The molecule has 10 heteroatoms. The molecule has 1 saturated carbocycles. The fourth-order valence-corrected chi connectivity index (χ4v) is 7.00. The van der Waals surface area contributed by atoms with Crippen molar-refractivity contribution in [3.05, 3.63) is 47.4 Å². The van der Waals surface area contributed by atoms with E-state index in [0.717, 1.165) is 24.2 Å². The molecule has 0 spiro atoms. The number of hydrogen-bond acceptors (Lipinski definition) is 7. The van der Waals surface area contributed by atoms with Crippen molar-refractivity contribution < 1.29 is 17.3 Å². The number of piperazine rings is 1. The van der Waals surface area contributed by atoms with Gasteiger partial charge >= 0.3 is 0 Å². The van der Waals surface area contributed by atoms with E-state index in [2.05, 4.69) is 10.1 Å². The van der Waals surface area contributed by atoms with E-state index < -0.39 is 10.0 Å². The van der Waals surface area contributed by atoms with Crippen LogP contribution >= 0.6 is 11.3 Å². The van der Waals surface area contributed by atoms with Gasteiger partial charge in [0.1, 0.15) is 10.0 Å². The van der Waals surface area contributed by atoms with Gasteiger partial charge in [0.2, 0.25) is 11.7 Å². The number of hydrogen-bond donors (Lipinski definition) is 0. The lowest BCUT2D eigenvalue weighted by Gasteiger charge is -2.35. The molecule has 164 valence electrons. The second-order valence-electron chi connectivity index (χ2n) is 7.93. The van der Waals surface area contributed by atoms with Gasteiger partial charge in [-0.2, -0.15) is 9.29 Å². The van der Waals surface area contributed by atoms with Gasteiger partial charge in [-0.1, -0.05) is 30.1 Å². The number of aromatic nitrogens is 2. The second kappa shape index (κ2) is 8.33. The molecule has 3 heterocycles. The van der Waals surface area contributed by atoms with E-state index in [0.29, 0.717) is 55.1 Å². The summed E-state index contributed by atoms with van der Waals surface area (Å²) < 4.78 is 47.5. The fraction of sp³-hybridized carbons (Fsp3) is 0.429. The molecule has 1 aromatic carbocycles. The molecule has 1 aliphatic carbocycles. The lowest BCUT2D eigenvalue weighted by molar-refractivity contribution is 0.354. The van der Waals surface area contributed by atoms with Crippen molar-refractivity contribution in [1.29, 1.82) is 0 Å². The maximum absolute atomic E-state index is 14.0. The molecule has 1 aliphatic heterocycles. The van der Waals surface area contributed by atoms with Gasteiger partial charge in [-0.3, -0.25) is 0 Å². The summed E-state index contributed by atoms with van der Waals surface area (Å²) in [5, 5.41) is 5.82. The molecule has 0 N–H and O–H groups in total. The number of para-hydroxylation sites is 1. The number of halogens is 1. The SMILES string of the molecule is O=S(=O)(c1cc(-c2noc(C3CCCC3)n2)cs1)N1CCN(c2ccccc2F)CC1. The van der Waals surface area contributed by atoms with Crippen LogP contribution in [-0.4, -0.2) is 49.0 Å². The van der Waals surface area contributed by atoms with Crippen molar-refractivity contribution >= 4 is 27.0 Å². The third-order valence-corrected chi connectivity index (χ3v) is 9.32. The molecule has 7 nitrogen and oxygen atoms in total. The van der Waals surface area contributed by atoms with Gasteiger partial charge in [0, 0.05) is 43.0 Å². The molecule has 1 saturated heterocycles. The van der Waals surface area contributed by atoms with Crippen LogP contribution in [0.2, 0.25) is 0 Å². The highest BCUT2D eigenvalue weighted by Gasteiger charge is 2.31. The zero-order valence-corrected chi connectivity index (χ0v) is 18.5. The fourth-order valence-electron chi connectivity index (χ4n) is 4.26. The number of sulfonamides is 1. The number of benzene rings is 1. The van der Waals surface area contributed by atoms with Gasteiger partial charge in [-0.25, -0.2) is 12.8 Å². The second-order valence-corrected chi connectivity index (χ2v) is 11.0. The van der Waals surface area contributed by atoms with E-state index >= 15 is 0 Å². The predicted octanol–water partition coefficient (Wildman–Crippen LogP) is 4.11. The lowest BCUT2D eigenvalue weighted by atomic mass is 10.1. The average Bonchev–Trinajstić information content (AvgIpc) is 3.55. The van der Waals surface area contributed by atoms with Crippen molar-refractivity contribution in [1.82, 2.24) is 14.4 Å². The summed E-state index contributed by atoms with van der Waals surface area (Å²) in [4.78, 5) is 6.38. The van der Waals surface area contributed by atoms with Crippen molar-refractivity contribution in [2.24, 2.45) is 0 Å². The Labute approximate surface area is 184 Å². The summed E-state index contributed by atoms with van der Waals surface area (Å²) in [6, 6.07) is 8.18. The average molecular weight is 463 g/mol. The number of thiophene rings is 1. The van der Waals surface area contributed by atoms with Crippen LogP contribution < -0.4 is 4.90 Å². The molecule has 0 radical (unpaired) electrons. The van der Waals surface area contributed by atoms with Crippen LogP contribution in [0, 0.1) is 5.82 Å². The summed E-state index contributed by atoms with van der Waals surface area (Å²) >= 11 is 1.16. The van der Waals surface area contributed by atoms with Gasteiger partial charge < -0.3 is 9.42 Å². The number of nitrogens with zero attached hydrogens (tertiary/aromatic N) is 4. The molecule has 0 atom stereocenters. The predicted molar refractivity (Wildman–Crippen MR) is 116 cm³/mol. The highest BCUT2D eigenvalue weighted by molar-refractivity contribution is 7.91. The topological polar surface area (TPSA) is 79.5 Å². The van der Waals surface area contributed by atoms with Crippen LogP contribution in [0.1, 0.15) is 37.5 Å². The van der Waals surface area contributed by atoms with E-state index in [4.69, 9.17) is 4.52 Å². The van der Waals surface area contributed by atoms with Crippen molar-refractivity contribution in [2.45, 2.75) is 35.8 Å². The van der Waals surface area contributed by atoms with Crippen LogP contribution in [0.15, 0.2) is 44.4 Å². The first kappa shape index (κ1) is 20.6. The molecular formula is C21H23FN4O3S2. The van der Waals surface area contributed by atoms with Crippen molar-refractivity contribution in [3.8, 4) is 11.4 Å². The molecule has 2 fully saturated rings. The summed E-state index contributed by atoms with van der Waals surface area (Å²) in [6.07, 6.45) is 4.47. The first-order valence-corrected chi connectivity index (χ1v) is 12.8. The van der Waals surface area contributed by atoms with E-state index in [1.807, 2.05) is 4.90 Å². The standard InChI is InChI=1S/C21H23FN4O3S2/c22-17-7-3-4-8-18(17)25-9-11-26(12-10-25)31(27,28)19-13-16(14-30-19)20-23-21(29-24-20)15-5-1-2-6-15/h3-4,7-8,13-15H,1-2,5-6,9-12H2. The summed E-state index contributed by atoms with van der Waals surface area (Å²) in [7, 11) is -3.63. The van der Waals surface area contributed by atoms with Crippen LogP contribution in [0.5, 0.6) is 0 Å². The minimum atomic E-state index is -3.63. The largest absolute Gasteiger partial charge is 0.367 e. The zero-order chi connectivity index (χ0) is 21.4. The van der Waals surface area contributed by atoms with Crippen LogP contribution in [0.25, 0.3) is 11.4 Å². The molecular weight excluding hydrogens is 439 g/mol. The highest BCUT2D eigenvalue weighted by Crippen LogP contribution is 2.35. The molecule has 3 aromatic rings. The third kappa shape index (κ3) is 3.99. The van der Waals surface area contributed by atoms with Gasteiger partial charge in [0.15, 0.2) is 0 Å². The highest BCUT2D eigenvalue weighted by atomic mass is 32.2. The van der Waals surface area contributed by atoms with Crippen molar-refractivity contribution in [3.63, 3.8) is 0 Å². The Bertz CT molecular complexity index is 1160. The normalized spacial score (nSPS) is 18.7. The quantitative estimate of drug-likeness (QED) is 0.568. The van der Waals surface area contributed by atoms with Gasteiger partial charge in [0.05, 0.1) is 5.69 Å². The molecule has 0 unspecified atom stereocenters. The molecule has 2 aliphatic rings. The smallest absolute Gasteiger partial charge is 0.252 e. The van der Waals surface area contributed by atoms with Crippen LogP contribution in [0.4, 0.5) is 10.1 Å². The number of rotatable bonds is 5. The first-order chi connectivity index (χ1) is 15.0. The number of anilines is 1. The van der Waals surface area contributed by atoms with Crippen molar-refractivity contribution in [2.75, 3.05) is 31.1 Å². The Morgan fingerprint density at radius 3 is 2.58 bits per heavy atom. The lowest BCUT2D eigenvalue weighted by Crippen LogP contribution is -2.48. The van der Waals surface area contributed by atoms with Crippen LogP contribution in [0.3, 0.4) is 0 Å². The molecule has 0 amide bonds. The monoisotopic (exact) mass is 462 g/mol. The summed E-state index contributed by atoms with van der Waals surface area (Å²) in [5.41, 5.74) is 1.16. The summed E-state index contributed by atoms with van der Waals surface area (Å²) in [5.74, 6) is 1.10.